The van der Waals surface area contributed by atoms with Gasteiger partial charge >= 0.3 is 0 Å². The van der Waals surface area contributed by atoms with Crippen LogP contribution in [0.4, 0.5) is 4.39 Å². The van der Waals surface area contributed by atoms with Crippen LogP contribution < -0.4 is 5.73 Å². The molecule has 0 fully saturated rings. The molecule has 0 unspecified atom stereocenters. The standard InChI is InChI=1S/C13H19FN2O/c1-2-3-9-16(10-8-15)13(17)11-4-6-12(14)7-5-11/h4-7H,2-3,8-10,15H2,1H3. The van der Waals surface area contributed by atoms with E-state index in [1.165, 1.54) is 24.3 Å². The maximum absolute atomic E-state index is 12.8. The fourth-order valence-corrected chi connectivity index (χ4v) is 1.59. The van der Waals surface area contributed by atoms with Crippen molar-refractivity contribution >= 4 is 5.91 Å². The van der Waals surface area contributed by atoms with E-state index in [1.807, 2.05) is 0 Å². The molecule has 0 aliphatic carbocycles. The number of amides is 1. The summed E-state index contributed by atoms with van der Waals surface area (Å²) in [6.45, 7) is 3.75. The molecule has 0 aliphatic rings. The topological polar surface area (TPSA) is 46.3 Å². The molecule has 1 aromatic carbocycles. The minimum atomic E-state index is -0.333. The summed E-state index contributed by atoms with van der Waals surface area (Å²) in [5, 5.41) is 0. The Morgan fingerprint density at radius 2 is 1.94 bits per heavy atom. The average molecular weight is 238 g/mol. The van der Waals surface area contributed by atoms with Gasteiger partial charge in [-0.3, -0.25) is 4.79 Å². The Labute approximate surface area is 101 Å². The summed E-state index contributed by atoms with van der Waals surface area (Å²) >= 11 is 0. The van der Waals surface area contributed by atoms with Crippen molar-refractivity contribution in [3.8, 4) is 0 Å². The predicted molar refractivity (Wildman–Crippen MR) is 66.3 cm³/mol. The average Bonchev–Trinajstić information content (AvgIpc) is 2.34. The quantitative estimate of drug-likeness (QED) is 0.824. The van der Waals surface area contributed by atoms with E-state index in [4.69, 9.17) is 5.73 Å². The zero-order chi connectivity index (χ0) is 12.7. The molecule has 2 N–H and O–H groups in total. The molecule has 17 heavy (non-hydrogen) atoms. The molecule has 94 valence electrons. The number of carbonyl (C=O) groups excluding carboxylic acids is 1. The molecule has 1 amide bonds. The molecule has 0 saturated carbocycles. The van der Waals surface area contributed by atoms with E-state index >= 15 is 0 Å². The Bertz CT molecular complexity index is 351. The van der Waals surface area contributed by atoms with Crippen LogP contribution >= 0.6 is 0 Å². The molecule has 0 radical (unpaired) electrons. The van der Waals surface area contributed by atoms with Crippen molar-refractivity contribution in [3.63, 3.8) is 0 Å². The van der Waals surface area contributed by atoms with Gasteiger partial charge in [0, 0.05) is 25.2 Å². The van der Waals surface area contributed by atoms with Crippen molar-refractivity contribution in [2.45, 2.75) is 19.8 Å². The van der Waals surface area contributed by atoms with Gasteiger partial charge in [-0.05, 0) is 30.7 Å². The smallest absolute Gasteiger partial charge is 0.253 e. The van der Waals surface area contributed by atoms with Gasteiger partial charge in [0.2, 0.25) is 0 Å². The molecule has 0 aromatic heterocycles. The van der Waals surface area contributed by atoms with Gasteiger partial charge in [0.05, 0.1) is 0 Å². The lowest BCUT2D eigenvalue weighted by atomic mass is 10.2. The molecule has 0 saturated heterocycles. The molecule has 0 atom stereocenters. The number of benzene rings is 1. The molecule has 1 rings (SSSR count). The fourth-order valence-electron chi connectivity index (χ4n) is 1.59. The van der Waals surface area contributed by atoms with Gasteiger partial charge in [-0.2, -0.15) is 0 Å². The van der Waals surface area contributed by atoms with Gasteiger partial charge in [-0.1, -0.05) is 13.3 Å². The number of nitrogens with zero attached hydrogens (tertiary/aromatic N) is 1. The molecule has 3 nitrogen and oxygen atoms in total. The van der Waals surface area contributed by atoms with Crippen molar-refractivity contribution in [1.82, 2.24) is 4.90 Å². The first-order valence-electron chi connectivity index (χ1n) is 5.94. The number of carbonyl (C=O) groups is 1. The third-order valence-corrected chi connectivity index (χ3v) is 2.56. The lowest BCUT2D eigenvalue weighted by Gasteiger charge is -2.21. The fraction of sp³-hybridized carbons (Fsp3) is 0.462. The summed E-state index contributed by atoms with van der Waals surface area (Å²) < 4.78 is 12.8. The highest BCUT2D eigenvalue weighted by Crippen LogP contribution is 2.07. The van der Waals surface area contributed by atoms with Crippen molar-refractivity contribution < 1.29 is 9.18 Å². The van der Waals surface area contributed by atoms with Crippen LogP contribution in [0.5, 0.6) is 0 Å². The Morgan fingerprint density at radius 3 is 2.47 bits per heavy atom. The van der Waals surface area contributed by atoms with Crippen LogP contribution in [0.1, 0.15) is 30.1 Å². The maximum atomic E-state index is 12.8. The third kappa shape index (κ3) is 4.15. The number of halogens is 1. The molecule has 0 heterocycles. The summed E-state index contributed by atoms with van der Waals surface area (Å²) in [6.07, 6.45) is 1.98. The van der Waals surface area contributed by atoms with Gasteiger partial charge < -0.3 is 10.6 Å². The Balaban J connectivity index is 2.72. The number of hydrogen-bond donors (Lipinski definition) is 1. The number of hydrogen-bond acceptors (Lipinski definition) is 2. The summed E-state index contributed by atoms with van der Waals surface area (Å²) in [7, 11) is 0. The van der Waals surface area contributed by atoms with Gasteiger partial charge in [0.1, 0.15) is 5.82 Å². The summed E-state index contributed by atoms with van der Waals surface area (Å²) in [5.74, 6) is -0.413. The Hall–Kier alpha value is -1.42. The van der Waals surface area contributed by atoms with Crippen molar-refractivity contribution in [3.05, 3.63) is 35.6 Å². The summed E-state index contributed by atoms with van der Waals surface area (Å²) in [4.78, 5) is 13.8. The predicted octanol–water partition coefficient (Wildman–Crippen LogP) is 2.03. The van der Waals surface area contributed by atoms with Crippen LogP contribution in [0, 0.1) is 5.82 Å². The molecular weight excluding hydrogens is 219 g/mol. The first-order chi connectivity index (χ1) is 8.19. The van der Waals surface area contributed by atoms with Gasteiger partial charge in [-0.15, -0.1) is 0 Å². The van der Waals surface area contributed by atoms with Crippen LogP contribution in [0.25, 0.3) is 0 Å². The largest absolute Gasteiger partial charge is 0.337 e. The van der Waals surface area contributed by atoms with Gasteiger partial charge in [-0.25, -0.2) is 4.39 Å². The lowest BCUT2D eigenvalue weighted by Crippen LogP contribution is -2.36. The van der Waals surface area contributed by atoms with Crippen molar-refractivity contribution in [2.24, 2.45) is 5.73 Å². The van der Waals surface area contributed by atoms with E-state index in [1.54, 1.807) is 4.90 Å². The molecule has 1 aromatic rings. The minimum Gasteiger partial charge on any atom is -0.337 e. The summed E-state index contributed by atoms with van der Waals surface area (Å²) in [5.41, 5.74) is 6.00. The SMILES string of the molecule is CCCCN(CCN)C(=O)c1ccc(F)cc1. The maximum Gasteiger partial charge on any atom is 0.253 e. The first-order valence-corrected chi connectivity index (χ1v) is 5.94. The van der Waals surface area contributed by atoms with Crippen molar-refractivity contribution in [2.75, 3.05) is 19.6 Å². The van der Waals surface area contributed by atoms with Crippen LogP contribution in [-0.4, -0.2) is 30.4 Å². The van der Waals surface area contributed by atoms with Crippen LogP contribution in [0.2, 0.25) is 0 Å². The van der Waals surface area contributed by atoms with E-state index < -0.39 is 0 Å². The van der Waals surface area contributed by atoms with Crippen LogP contribution in [0.3, 0.4) is 0 Å². The number of rotatable bonds is 6. The highest BCUT2D eigenvalue weighted by Gasteiger charge is 2.14. The van der Waals surface area contributed by atoms with Crippen molar-refractivity contribution in [1.29, 1.82) is 0 Å². The molecule has 0 spiro atoms. The number of unbranched alkanes of at least 4 members (excludes halogenated alkanes) is 1. The molecule has 0 bridgehead atoms. The van der Waals surface area contributed by atoms with E-state index in [2.05, 4.69) is 6.92 Å². The lowest BCUT2D eigenvalue weighted by molar-refractivity contribution is 0.0758. The molecule has 4 heteroatoms. The van der Waals surface area contributed by atoms with Crippen LogP contribution in [-0.2, 0) is 0 Å². The van der Waals surface area contributed by atoms with Crippen LogP contribution in [0.15, 0.2) is 24.3 Å². The Kier molecular flexibility index (Phi) is 5.63. The van der Waals surface area contributed by atoms with Gasteiger partial charge in [0.25, 0.3) is 5.91 Å². The van der Waals surface area contributed by atoms with E-state index in [9.17, 15) is 9.18 Å². The molecule has 0 aliphatic heterocycles. The third-order valence-electron chi connectivity index (χ3n) is 2.56. The second-order valence-corrected chi connectivity index (χ2v) is 3.94. The minimum absolute atomic E-state index is 0.0797. The highest BCUT2D eigenvalue weighted by atomic mass is 19.1. The Morgan fingerprint density at radius 1 is 1.29 bits per heavy atom. The van der Waals surface area contributed by atoms with E-state index in [0.717, 1.165) is 12.8 Å². The molecular formula is C13H19FN2O. The first kappa shape index (κ1) is 13.6. The monoisotopic (exact) mass is 238 g/mol. The highest BCUT2D eigenvalue weighted by molar-refractivity contribution is 5.94. The van der Waals surface area contributed by atoms with Gasteiger partial charge in [0.15, 0.2) is 0 Å². The normalized spacial score (nSPS) is 10.3. The summed E-state index contributed by atoms with van der Waals surface area (Å²) in [6, 6.07) is 5.61. The second kappa shape index (κ2) is 7.01. The zero-order valence-electron chi connectivity index (χ0n) is 10.2. The van der Waals surface area contributed by atoms with E-state index in [0.29, 0.717) is 25.2 Å². The second-order valence-electron chi connectivity index (χ2n) is 3.94. The number of nitrogens with two attached hydrogens (primary N) is 1. The zero-order valence-corrected chi connectivity index (χ0v) is 10.2. The van der Waals surface area contributed by atoms with E-state index in [-0.39, 0.29) is 11.7 Å².